The van der Waals surface area contributed by atoms with E-state index >= 15 is 0 Å². The molecule has 244 valence electrons. The molecular formula is C31H56IN3O6S. The summed E-state index contributed by atoms with van der Waals surface area (Å²) in [6.45, 7) is 4.06. The zero-order valence-electron chi connectivity index (χ0n) is 26.5. The number of unbranched alkanes of at least 4 members (excludes halogenated alkanes) is 15. The molecule has 1 heterocycles. The fourth-order valence-electron chi connectivity index (χ4n) is 4.48. The molecule has 9 nitrogen and oxygen atoms in total. The molecule has 1 aromatic rings. The van der Waals surface area contributed by atoms with E-state index in [1.807, 2.05) is 22.5 Å². The third-order valence-corrected chi connectivity index (χ3v) is 8.07. The summed E-state index contributed by atoms with van der Waals surface area (Å²) in [5, 5.41) is 4.63. The van der Waals surface area contributed by atoms with Crippen LogP contribution in [0.3, 0.4) is 0 Å². The first-order chi connectivity index (χ1) is 19.9. The van der Waals surface area contributed by atoms with Crippen molar-refractivity contribution in [2.45, 2.75) is 129 Å². The number of halogens is 1. The van der Waals surface area contributed by atoms with Gasteiger partial charge in [-0.05, 0) is 6.42 Å². The molecule has 1 rings (SSSR count). The summed E-state index contributed by atoms with van der Waals surface area (Å²) in [5.41, 5.74) is 2.69. The van der Waals surface area contributed by atoms with Gasteiger partial charge in [-0.2, -0.15) is 4.57 Å². The lowest BCUT2D eigenvalue weighted by atomic mass is 10.0. The normalized spacial score (nSPS) is 11.4. The molecular weight excluding hydrogens is 669 g/mol. The minimum absolute atomic E-state index is 0. The first-order valence-electron chi connectivity index (χ1n) is 15.7. The molecule has 11 heteroatoms. The molecule has 0 aliphatic carbocycles. The Morgan fingerprint density at radius 3 is 1.81 bits per heavy atom. The Kier molecular flexibility index (Phi) is 26.2. The van der Waals surface area contributed by atoms with E-state index in [1.54, 1.807) is 0 Å². The molecule has 42 heavy (non-hydrogen) atoms. The number of aromatic nitrogens is 1. The quantitative estimate of drug-likeness (QED) is 0.0982. The molecule has 0 fully saturated rings. The van der Waals surface area contributed by atoms with Gasteiger partial charge in [0.1, 0.15) is 32.9 Å². The third-order valence-electron chi connectivity index (χ3n) is 7.22. The van der Waals surface area contributed by atoms with Crippen LogP contribution in [-0.2, 0) is 32.6 Å². The number of nitrogens with zero attached hydrogens (tertiary/aromatic N) is 2. The maximum absolute atomic E-state index is 12.5. The summed E-state index contributed by atoms with van der Waals surface area (Å²) in [4.78, 5) is 37.5. The fraction of sp³-hybridized carbons (Fsp3) is 0.806. The lowest BCUT2D eigenvalue weighted by Crippen LogP contribution is -3.00. The minimum Gasteiger partial charge on any atom is -1.00 e. The van der Waals surface area contributed by atoms with E-state index in [1.165, 1.54) is 115 Å². The van der Waals surface area contributed by atoms with Crippen LogP contribution in [0, 0.1) is 0 Å². The van der Waals surface area contributed by atoms with Crippen LogP contribution in [0.15, 0.2) is 10.9 Å². The van der Waals surface area contributed by atoms with Crippen molar-refractivity contribution in [3.63, 3.8) is 0 Å². The predicted octanol–water partition coefficient (Wildman–Crippen LogP) is 4.06. The second-order valence-corrected chi connectivity index (χ2v) is 11.5. The second kappa shape index (κ2) is 27.1. The van der Waals surface area contributed by atoms with Crippen LogP contribution < -0.4 is 33.9 Å². The Morgan fingerprint density at radius 2 is 1.36 bits per heavy atom. The number of alkyl carbamates (subject to hydrolysis) is 1. The Bertz CT molecular complexity index is 841. The van der Waals surface area contributed by atoms with Crippen LogP contribution in [0.1, 0.15) is 122 Å². The van der Waals surface area contributed by atoms with Gasteiger partial charge in [-0.15, -0.1) is 0 Å². The summed E-state index contributed by atoms with van der Waals surface area (Å²) in [7, 11) is 3.30. The maximum atomic E-state index is 12.5. The van der Waals surface area contributed by atoms with Crippen LogP contribution in [0.5, 0.6) is 0 Å². The van der Waals surface area contributed by atoms with E-state index in [0.29, 0.717) is 6.54 Å². The van der Waals surface area contributed by atoms with Gasteiger partial charge in [0, 0.05) is 20.6 Å². The van der Waals surface area contributed by atoms with E-state index in [0.717, 1.165) is 23.4 Å². The van der Waals surface area contributed by atoms with Crippen molar-refractivity contribution in [1.29, 1.82) is 0 Å². The number of hydrogen-bond acceptors (Lipinski definition) is 7. The number of hydrogen-bond donors (Lipinski definition) is 1. The Hall–Kier alpha value is -1.47. The number of carbonyl (C=O) groups excluding carboxylic acids is 3. The monoisotopic (exact) mass is 725 g/mol. The molecule has 0 spiro atoms. The highest BCUT2D eigenvalue weighted by Gasteiger charge is 2.25. The second-order valence-electron chi connectivity index (χ2n) is 10.8. The van der Waals surface area contributed by atoms with E-state index < -0.39 is 24.2 Å². The minimum atomic E-state index is -0.765. The smallest absolute Gasteiger partial charge is 0.417 e. The number of carbonyl (C=O) groups is 3. The molecule has 0 saturated heterocycles. The van der Waals surface area contributed by atoms with Gasteiger partial charge in [0.2, 0.25) is 17.1 Å². The van der Waals surface area contributed by atoms with Crippen molar-refractivity contribution < 1.29 is 57.1 Å². The molecule has 1 N–H and O–H groups in total. The lowest BCUT2D eigenvalue weighted by molar-refractivity contribution is -0.674. The van der Waals surface area contributed by atoms with E-state index in [9.17, 15) is 14.4 Å². The molecule has 0 aliphatic rings. The van der Waals surface area contributed by atoms with E-state index in [4.69, 9.17) is 14.2 Å². The van der Waals surface area contributed by atoms with Crippen LogP contribution in [0.2, 0.25) is 0 Å². The number of amides is 3. The lowest BCUT2D eigenvalue weighted by Gasteiger charge is -2.20. The average Bonchev–Trinajstić information content (AvgIpc) is 3.37. The van der Waals surface area contributed by atoms with Crippen molar-refractivity contribution in [2.75, 3.05) is 26.9 Å². The summed E-state index contributed by atoms with van der Waals surface area (Å²) in [6.07, 6.45) is 19.0. The average molecular weight is 726 g/mol. The summed E-state index contributed by atoms with van der Waals surface area (Å²) in [5.74, 6) is -0.417. The van der Waals surface area contributed by atoms with Gasteiger partial charge in [0.15, 0.2) is 0 Å². The number of ether oxygens (including phenoxy) is 3. The third kappa shape index (κ3) is 20.4. The molecule has 0 aliphatic heterocycles. The Labute approximate surface area is 275 Å². The van der Waals surface area contributed by atoms with Crippen LogP contribution in [0.25, 0.3) is 0 Å². The van der Waals surface area contributed by atoms with Crippen LogP contribution in [-0.4, -0.2) is 56.0 Å². The zero-order chi connectivity index (χ0) is 30.1. The number of aryl methyl sites for hydroxylation is 1. The van der Waals surface area contributed by atoms with E-state index in [-0.39, 0.29) is 43.7 Å². The van der Waals surface area contributed by atoms with Gasteiger partial charge in [-0.1, -0.05) is 115 Å². The van der Waals surface area contributed by atoms with Crippen molar-refractivity contribution in [3.8, 4) is 0 Å². The van der Waals surface area contributed by atoms with E-state index in [2.05, 4.69) is 12.2 Å². The van der Waals surface area contributed by atoms with Crippen LogP contribution in [0.4, 0.5) is 9.59 Å². The molecule has 0 aromatic carbocycles. The highest BCUT2D eigenvalue weighted by molar-refractivity contribution is 7.07. The maximum Gasteiger partial charge on any atom is 0.417 e. The Morgan fingerprint density at radius 1 is 0.857 bits per heavy atom. The van der Waals surface area contributed by atoms with Gasteiger partial charge in [-0.25, -0.2) is 14.5 Å². The SMILES string of the molecule is CCCCCCCCCCCCCCCCCCNC(=O)OCC(COC(=O)N(Cc1csc[n+]1C)C(C)=O)OC.[I-]. The van der Waals surface area contributed by atoms with Crippen LogP contribution >= 0.6 is 11.3 Å². The number of nitrogens with one attached hydrogen (secondary N) is 1. The predicted molar refractivity (Wildman–Crippen MR) is 163 cm³/mol. The molecule has 0 saturated carbocycles. The highest BCUT2D eigenvalue weighted by Crippen LogP contribution is 2.14. The zero-order valence-corrected chi connectivity index (χ0v) is 29.5. The molecule has 1 unspecified atom stereocenters. The van der Waals surface area contributed by atoms with Gasteiger partial charge in [-0.3, -0.25) is 4.79 Å². The number of methoxy groups -OCH3 is 1. The molecule has 1 aromatic heterocycles. The van der Waals surface area contributed by atoms with Gasteiger partial charge in [0.05, 0.1) is 5.38 Å². The highest BCUT2D eigenvalue weighted by atomic mass is 127. The van der Waals surface area contributed by atoms with Gasteiger partial charge < -0.3 is 43.5 Å². The van der Waals surface area contributed by atoms with Crippen molar-refractivity contribution >= 4 is 29.4 Å². The number of rotatable bonds is 24. The molecule has 0 bridgehead atoms. The van der Waals surface area contributed by atoms with Gasteiger partial charge in [0.25, 0.3) is 0 Å². The summed E-state index contributed by atoms with van der Waals surface area (Å²) < 4.78 is 17.6. The summed E-state index contributed by atoms with van der Waals surface area (Å²) >= 11 is 1.48. The molecule has 3 amide bonds. The largest absolute Gasteiger partial charge is 1.00 e. The van der Waals surface area contributed by atoms with Crippen molar-refractivity contribution in [2.24, 2.45) is 7.05 Å². The first kappa shape index (κ1) is 40.5. The molecule has 1 atom stereocenters. The standard InChI is InChI=1S/C31H55N3O6S.HI/c1-5-6-7-8-9-10-11-12-13-14-15-16-17-18-19-20-21-32-30(36)39-23-29(38-4)24-40-31(37)34(27(2)35)22-28-25-41-26-33(28)3;/h25-26,29H,5-24H2,1-4H3;1H. The first-order valence-corrected chi connectivity index (χ1v) is 16.6. The molecule has 0 radical (unpaired) electrons. The number of imide groups is 1. The summed E-state index contributed by atoms with van der Waals surface area (Å²) in [6, 6.07) is 0. The topological polar surface area (TPSA) is 98.0 Å². The Balaban J connectivity index is 0.0000168. The fourth-order valence-corrected chi connectivity index (χ4v) is 5.25. The number of thiazole rings is 1. The van der Waals surface area contributed by atoms with Crippen molar-refractivity contribution in [3.05, 3.63) is 16.6 Å². The van der Waals surface area contributed by atoms with Gasteiger partial charge >= 0.3 is 12.2 Å². The van der Waals surface area contributed by atoms with Crippen molar-refractivity contribution in [1.82, 2.24) is 10.2 Å².